The number of hydrogen-bond donors (Lipinski definition) is 1. The van der Waals surface area contributed by atoms with Gasteiger partial charge in [-0.3, -0.25) is 20.2 Å². The standard InChI is InChI=1S/C6H4FN3O4.C2H3N/c7-3-1-4(8)6(10(13)14)2-5(3)9(11)12;1-2-3/h1-2H,8H2;1H3. The van der Waals surface area contributed by atoms with E-state index in [0.717, 1.165) is 0 Å². The monoisotopic (exact) mass is 242 g/mol. The lowest BCUT2D eigenvalue weighted by atomic mass is 10.2. The first-order chi connectivity index (χ1) is 7.84. The molecule has 0 spiro atoms. The molecule has 17 heavy (non-hydrogen) atoms. The predicted octanol–water partition coefficient (Wildman–Crippen LogP) is 1.75. The normalized spacial score (nSPS) is 8.53. The SMILES string of the molecule is CC#N.Nc1cc(F)c([N+](=O)[O-])cc1[N+](=O)[O-]. The van der Waals surface area contributed by atoms with Crippen LogP contribution in [0.25, 0.3) is 0 Å². The van der Waals surface area contributed by atoms with E-state index in [4.69, 9.17) is 11.0 Å². The van der Waals surface area contributed by atoms with Gasteiger partial charge in [-0.15, -0.1) is 0 Å². The molecule has 0 radical (unpaired) electrons. The number of benzene rings is 1. The van der Waals surface area contributed by atoms with Gasteiger partial charge in [0.2, 0.25) is 5.82 Å². The maximum atomic E-state index is 12.8. The summed E-state index contributed by atoms with van der Waals surface area (Å²) in [6, 6.07) is 2.79. The van der Waals surface area contributed by atoms with Gasteiger partial charge in [-0.05, 0) is 0 Å². The number of anilines is 1. The second-order valence-corrected chi connectivity index (χ2v) is 2.60. The summed E-state index contributed by atoms with van der Waals surface area (Å²) in [5.41, 5.74) is 2.99. The number of hydrogen-bond acceptors (Lipinski definition) is 6. The largest absolute Gasteiger partial charge is 0.393 e. The van der Waals surface area contributed by atoms with E-state index in [9.17, 15) is 24.6 Å². The molecule has 1 rings (SSSR count). The quantitative estimate of drug-likeness (QED) is 0.476. The lowest BCUT2D eigenvalue weighted by molar-refractivity contribution is -0.395. The zero-order chi connectivity index (χ0) is 13.6. The third-order valence-electron chi connectivity index (χ3n) is 1.49. The highest BCUT2D eigenvalue weighted by atomic mass is 19.1. The minimum atomic E-state index is -1.20. The molecule has 1 aromatic rings. The highest BCUT2D eigenvalue weighted by Crippen LogP contribution is 2.29. The van der Waals surface area contributed by atoms with Gasteiger partial charge in [0.15, 0.2) is 0 Å². The Morgan fingerprint density at radius 1 is 1.29 bits per heavy atom. The first-order valence-corrected chi connectivity index (χ1v) is 4.03. The van der Waals surface area contributed by atoms with E-state index < -0.39 is 32.7 Å². The van der Waals surface area contributed by atoms with Crippen LogP contribution in [0.2, 0.25) is 0 Å². The van der Waals surface area contributed by atoms with E-state index >= 15 is 0 Å². The summed E-state index contributed by atoms with van der Waals surface area (Å²) in [6.45, 7) is 1.43. The van der Waals surface area contributed by atoms with E-state index in [0.29, 0.717) is 12.1 Å². The molecule has 0 saturated carbocycles. The Balaban J connectivity index is 0.000000770. The number of halogens is 1. The molecule has 2 N–H and O–H groups in total. The van der Waals surface area contributed by atoms with Gasteiger partial charge in [-0.25, -0.2) is 0 Å². The second kappa shape index (κ2) is 5.96. The highest BCUT2D eigenvalue weighted by Gasteiger charge is 2.22. The first-order valence-electron chi connectivity index (χ1n) is 4.03. The minimum Gasteiger partial charge on any atom is -0.393 e. The molecule has 0 aromatic heterocycles. The van der Waals surface area contributed by atoms with Crippen molar-refractivity contribution in [3.8, 4) is 6.07 Å². The minimum absolute atomic E-state index is 0.446. The third-order valence-corrected chi connectivity index (χ3v) is 1.49. The van der Waals surface area contributed by atoms with Crippen molar-refractivity contribution in [2.75, 3.05) is 5.73 Å². The molecule has 1 aromatic carbocycles. The highest BCUT2D eigenvalue weighted by molar-refractivity contribution is 5.62. The molecule has 9 heteroatoms. The summed E-state index contributed by atoms with van der Waals surface area (Å²) < 4.78 is 12.8. The van der Waals surface area contributed by atoms with Crippen LogP contribution in [0.4, 0.5) is 21.5 Å². The number of nitrogens with two attached hydrogens (primary N) is 1. The van der Waals surface area contributed by atoms with Crippen LogP contribution in [-0.4, -0.2) is 9.85 Å². The Kier molecular flexibility index (Phi) is 4.99. The lowest BCUT2D eigenvalue weighted by Crippen LogP contribution is -2.00. The second-order valence-electron chi connectivity index (χ2n) is 2.60. The van der Waals surface area contributed by atoms with Crippen LogP contribution in [0.1, 0.15) is 6.92 Å². The molecular weight excluding hydrogens is 235 g/mol. The van der Waals surface area contributed by atoms with Crippen LogP contribution in [-0.2, 0) is 0 Å². The molecule has 0 bridgehead atoms. The van der Waals surface area contributed by atoms with E-state index in [2.05, 4.69) is 0 Å². The summed E-state index contributed by atoms with van der Waals surface area (Å²) in [5, 5.41) is 27.8. The van der Waals surface area contributed by atoms with Gasteiger partial charge in [-0.2, -0.15) is 9.65 Å². The topological polar surface area (TPSA) is 136 Å². The zero-order valence-corrected chi connectivity index (χ0v) is 8.58. The third kappa shape index (κ3) is 3.71. The van der Waals surface area contributed by atoms with E-state index in [1.165, 1.54) is 6.92 Å². The van der Waals surface area contributed by atoms with Gasteiger partial charge >= 0.3 is 5.69 Å². The van der Waals surface area contributed by atoms with Crippen molar-refractivity contribution in [2.24, 2.45) is 0 Å². The summed E-state index contributed by atoms with van der Waals surface area (Å²) in [4.78, 5) is 18.5. The molecule has 90 valence electrons. The Bertz CT molecular complexity index is 462. The van der Waals surface area contributed by atoms with Crippen molar-refractivity contribution in [3.05, 3.63) is 38.2 Å². The molecule has 0 heterocycles. The fourth-order valence-electron chi connectivity index (χ4n) is 0.864. The molecule has 8 nitrogen and oxygen atoms in total. The summed E-state index contributed by atoms with van der Waals surface area (Å²) in [5.74, 6) is -1.20. The Labute approximate surface area is 94.4 Å². The molecule has 0 unspecified atom stereocenters. The molecule has 0 fully saturated rings. The zero-order valence-electron chi connectivity index (χ0n) is 8.58. The van der Waals surface area contributed by atoms with Gasteiger partial charge in [-0.1, -0.05) is 0 Å². The number of rotatable bonds is 2. The number of nitriles is 1. The molecular formula is C8H7FN4O4. The molecule has 0 aliphatic carbocycles. The number of nitrogens with zero attached hydrogens (tertiary/aromatic N) is 3. The van der Waals surface area contributed by atoms with E-state index in [1.54, 1.807) is 6.07 Å². The fourth-order valence-corrected chi connectivity index (χ4v) is 0.864. The maximum absolute atomic E-state index is 12.8. The van der Waals surface area contributed by atoms with Crippen molar-refractivity contribution >= 4 is 17.1 Å². The smallest absolute Gasteiger partial charge is 0.311 e. The number of nitrogen functional groups attached to an aromatic ring is 1. The van der Waals surface area contributed by atoms with Crippen LogP contribution in [0, 0.1) is 37.4 Å². The molecule has 0 aliphatic heterocycles. The van der Waals surface area contributed by atoms with Crippen molar-refractivity contribution < 1.29 is 14.2 Å². The average molecular weight is 242 g/mol. The Morgan fingerprint density at radius 2 is 1.71 bits per heavy atom. The Hall–Kier alpha value is -2.76. The number of nitro benzene ring substituents is 2. The van der Waals surface area contributed by atoms with Crippen LogP contribution >= 0.6 is 0 Å². The van der Waals surface area contributed by atoms with Crippen molar-refractivity contribution in [2.45, 2.75) is 6.92 Å². The van der Waals surface area contributed by atoms with Crippen molar-refractivity contribution in [1.82, 2.24) is 0 Å². The Morgan fingerprint density at radius 3 is 2.06 bits per heavy atom. The summed E-state index contributed by atoms with van der Waals surface area (Å²) >= 11 is 0. The maximum Gasteiger partial charge on any atom is 0.311 e. The summed E-state index contributed by atoms with van der Waals surface area (Å²) in [7, 11) is 0. The molecule has 0 aliphatic rings. The van der Waals surface area contributed by atoms with E-state index in [-0.39, 0.29) is 0 Å². The molecule has 0 saturated heterocycles. The van der Waals surface area contributed by atoms with Gasteiger partial charge in [0.1, 0.15) is 5.69 Å². The predicted molar refractivity (Wildman–Crippen MR) is 55.4 cm³/mol. The van der Waals surface area contributed by atoms with Crippen LogP contribution < -0.4 is 5.73 Å². The molecule has 0 atom stereocenters. The lowest BCUT2D eigenvalue weighted by Gasteiger charge is -1.97. The molecule has 0 amide bonds. The number of nitro groups is 2. The van der Waals surface area contributed by atoms with Crippen molar-refractivity contribution in [1.29, 1.82) is 5.26 Å². The average Bonchev–Trinajstić information content (AvgIpc) is 2.17. The fraction of sp³-hybridized carbons (Fsp3) is 0.125. The van der Waals surface area contributed by atoms with Crippen LogP contribution in [0.5, 0.6) is 0 Å². The van der Waals surface area contributed by atoms with E-state index in [1.807, 2.05) is 0 Å². The van der Waals surface area contributed by atoms with Crippen molar-refractivity contribution in [3.63, 3.8) is 0 Å². The van der Waals surface area contributed by atoms with Gasteiger partial charge in [0.25, 0.3) is 5.69 Å². The first kappa shape index (κ1) is 14.2. The van der Waals surface area contributed by atoms with Gasteiger partial charge < -0.3 is 5.73 Å². The van der Waals surface area contributed by atoms with Crippen LogP contribution in [0.3, 0.4) is 0 Å². The van der Waals surface area contributed by atoms with Crippen LogP contribution in [0.15, 0.2) is 12.1 Å². The summed E-state index contributed by atoms with van der Waals surface area (Å²) in [6.07, 6.45) is 0. The van der Waals surface area contributed by atoms with Gasteiger partial charge in [0, 0.05) is 13.0 Å². The van der Waals surface area contributed by atoms with Gasteiger partial charge in [0.05, 0.1) is 22.0 Å².